The van der Waals surface area contributed by atoms with Crippen LogP contribution in [0.25, 0.3) is 6.08 Å². The van der Waals surface area contributed by atoms with Crippen molar-refractivity contribution in [2.45, 2.75) is 20.3 Å². The van der Waals surface area contributed by atoms with Gasteiger partial charge >= 0.3 is 11.7 Å². The van der Waals surface area contributed by atoms with Crippen LogP contribution in [0, 0.1) is 10.1 Å². The van der Waals surface area contributed by atoms with Gasteiger partial charge in [0.05, 0.1) is 30.3 Å². The molecule has 0 unspecified atom stereocenters. The number of nitro benzene ring substituents is 1. The number of methoxy groups -OCH3 is 2. The second-order valence-electron chi connectivity index (χ2n) is 5.66. The number of amides is 1. The van der Waals surface area contributed by atoms with Gasteiger partial charge in [-0.25, -0.2) is 4.79 Å². The van der Waals surface area contributed by atoms with E-state index in [1.807, 2.05) is 6.92 Å². The molecule has 138 valence electrons. The minimum Gasteiger partial charge on any atom is -0.490 e. The van der Waals surface area contributed by atoms with Gasteiger partial charge in [-0.1, -0.05) is 13.0 Å². The van der Waals surface area contributed by atoms with E-state index in [2.05, 4.69) is 0 Å². The fraction of sp³-hybridized carbons (Fsp3) is 0.333. The molecule has 0 aliphatic carbocycles. The molecule has 1 heterocycles. The molecule has 1 aliphatic heterocycles. The maximum absolute atomic E-state index is 12.7. The minimum atomic E-state index is -0.622. The Morgan fingerprint density at radius 2 is 2.04 bits per heavy atom. The van der Waals surface area contributed by atoms with E-state index in [1.165, 1.54) is 37.3 Å². The number of nitrogens with zero attached hydrogens (tertiary/aromatic N) is 2. The standard InChI is InChI=1S/C18H20N2O6/c1-5-8-19-11(2)16(18(22)26-4)13(17(19)21)9-12-6-7-15(25-3)14(10-12)20(23)24/h6-7,9-10H,5,8H2,1-4H3/b13-9-. The van der Waals surface area contributed by atoms with Gasteiger partial charge in [0.25, 0.3) is 5.91 Å². The van der Waals surface area contributed by atoms with Crippen LogP contribution < -0.4 is 4.74 Å². The van der Waals surface area contributed by atoms with Crippen molar-refractivity contribution in [3.8, 4) is 5.75 Å². The summed E-state index contributed by atoms with van der Waals surface area (Å²) in [6, 6.07) is 4.33. The SMILES string of the molecule is CCCN1C(=O)/C(=C\c2ccc(OC)c([N+](=O)[O-])c2)C(C(=O)OC)=C1C. The molecule has 1 aliphatic rings. The minimum absolute atomic E-state index is 0.113. The molecule has 2 rings (SSSR count). The van der Waals surface area contributed by atoms with Gasteiger partial charge in [0.15, 0.2) is 5.75 Å². The summed E-state index contributed by atoms with van der Waals surface area (Å²) >= 11 is 0. The second kappa shape index (κ2) is 7.81. The van der Waals surface area contributed by atoms with Gasteiger partial charge in [0.2, 0.25) is 0 Å². The van der Waals surface area contributed by atoms with Crippen molar-refractivity contribution in [3.63, 3.8) is 0 Å². The highest BCUT2D eigenvalue weighted by Crippen LogP contribution is 2.33. The van der Waals surface area contributed by atoms with Crippen LogP contribution in [0.2, 0.25) is 0 Å². The second-order valence-corrected chi connectivity index (χ2v) is 5.66. The van der Waals surface area contributed by atoms with E-state index in [4.69, 9.17) is 9.47 Å². The molecule has 0 N–H and O–H groups in total. The van der Waals surface area contributed by atoms with Crippen molar-refractivity contribution in [1.82, 2.24) is 4.90 Å². The topological polar surface area (TPSA) is 99.0 Å². The van der Waals surface area contributed by atoms with Crippen LogP contribution in [-0.2, 0) is 14.3 Å². The number of rotatable bonds is 6. The number of allylic oxidation sites excluding steroid dienone is 1. The molecule has 0 fully saturated rings. The molecule has 0 saturated heterocycles. The number of carbonyl (C=O) groups excluding carboxylic acids is 2. The maximum Gasteiger partial charge on any atom is 0.340 e. The molecule has 1 aromatic rings. The third-order valence-electron chi connectivity index (χ3n) is 4.06. The molecule has 0 radical (unpaired) electrons. The predicted octanol–water partition coefficient (Wildman–Crippen LogP) is 2.69. The molecule has 0 bridgehead atoms. The molecular formula is C18H20N2O6. The average Bonchev–Trinajstić information content (AvgIpc) is 2.85. The summed E-state index contributed by atoms with van der Waals surface area (Å²) in [6.07, 6.45) is 2.18. The Kier molecular flexibility index (Phi) is 5.76. The molecule has 1 aromatic carbocycles. The van der Waals surface area contributed by atoms with E-state index in [9.17, 15) is 19.7 Å². The number of benzene rings is 1. The number of carbonyl (C=O) groups is 2. The summed E-state index contributed by atoms with van der Waals surface area (Å²) in [5.41, 5.74) is 1.02. The fourth-order valence-corrected chi connectivity index (χ4v) is 2.83. The first-order valence-electron chi connectivity index (χ1n) is 8.01. The summed E-state index contributed by atoms with van der Waals surface area (Å²) in [5, 5.41) is 11.2. The Balaban J connectivity index is 2.57. The van der Waals surface area contributed by atoms with Gasteiger partial charge < -0.3 is 14.4 Å². The average molecular weight is 360 g/mol. The van der Waals surface area contributed by atoms with Crippen molar-refractivity contribution in [2.24, 2.45) is 0 Å². The number of nitro groups is 1. The van der Waals surface area contributed by atoms with Crippen LogP contribution in [0.3, 0.4) is 0 Å². The third kappa shape index (κ3) is 3.44. The van der Waals surface area contributed by atoms with E-state index < -0.39 is 10.9 Å². The summed E-state index contributed by atoms with van der Waals surface area (Å²) in [7, 11) is 2.58. The van der Waals surface area contributed by atoms with Crippen LogP contribution in [0.15, 0.2) is 35.0 Å². The third-order valence-corrected chi connectivity index (χ3v) is 4.06. The highest BCUT2D eigenvalue weighted by Gasteiger charge is 2.36. The summed E-state index contributed by atoms with van der Waals surface area (Å²) in [4.78, 5) is 37.0. The van der Waals surface area contributed by atoms with Crippen molar-refractivity contribution < 1.29 is 24.0 Å². The summed E-state index contributed by atoms with van der Waals surface area (Å²) in [6.45, 7) is 4.06. The molecule has 0 atom stereocenters. The summed E-state index contributed by atoms with van der Waals surface area (Å²) < 4.78 is 9.78. The Morgan fingerprint density at radius 1 is 1.35 bits per heavy atom. The van der Waals surface area contributed by atoms with Crippen LogP contribution in [0.4, 0.5) is 5.69 Å². The molecule has 0 aromatic heterocycles. The Labute approximate surface area is 150 Å². The highest BCUT2D eigenvalue weighted by molar-refractivity contribution is 6.16. The fourth-order valence-electron chi connectivity index (χ4n) is 2.83. The largest absolute Gasteiger partial charge is 0.490 e. The smallest absolute Gasteiger partial charge is 0.340 e. The van der Waals surface area contributed by atoms with Crippen molar-refractivity contribution >= 4 is 23.6 Å². The lowest BCUT2D eigenvalue weighted by atomic mass is 10.0. The van der Waals surface area contributed by atoms with Gasteiger partial charge in [-0.15, -0.1) is 0 Å². The van der Waals surface area contributed by atoms with Gasteiger partial charge in [0, 0.05) is 18.3 Å². The first-order chi connectivity index (χ1) is 12.3. The Bertz CT molecular complexity index is 825. The van der Waals surface area contributed by atoms with E-state index >= 15 is 0 Å². The number of ether oxygens (including phenoxy) is 2. The molecular weight excluding hydrogens is 340 g/mol. The number of esters is 1. The normalized spacial score (nSPS) is 15.6. The highest BCUT2D eigenvalue weighted by atomic mass is 16.6. The van der Waals surface area contributed by atoms with Gasteiger partial charge in [-0.2, -0.15) is 0 Å². The molecule has 0 spiro atoms. The quantitative estimate of drug-likeness (QED) is 0.335. The van der Waals surface area contributed by atoms with Gasteiger partial charge in [0.1, 0.15) is 0 Å². The van der Waals surface area contributed by atoms with Gasteiger partial charge in [-0.05, 0) is 31.1 Å². The molecule has 8 nitrogen and oxygen atoms in total. The number of hydrogen-bond acceptors (Lipinski definition) is 6. The summed E-state index contributed by atoms with van der Waals surface area (Å²) in [5.74, 6) is -0.839. The van der Waals surface area contributed by atoms with Crippen LogP contribution >= 0.6 is 0 Å². The van der Waals surface area contributed by atoms with Crippen molar-refractivity contribution in [2.75, 3.05) is 20.8 Å². The molecule has 1 amide bonds. The lowest BCUT2D eigenvalue weighted by Crippen LogP contribution is -2.25. The zero-order valence-electron chi connectivity index (χ0n) is 15.1. The first-order valence-corrected chi connectivity index (χ1v) is 8.01. The van der Waals surface area contributed by atoms with Crippen molar-refractivity contribution in [3.05, 3.63) is 50.7 Å². The predicted molar refractivity (Wildman–Crippen MR) is 94.3 cm³/mol. The van der Waals surface area contributed by atoms with E-state index in [1.54, 1.807) is 13.0 Å². The van der Waals surface area contributed by atoms with E-state index in [0.29, 0.717) is 17.8 Å². The molecule has 8 heteroatoms. The first kappa shape index (κ1) is 19.2. The monoisotopic (exact) mass is 360 g/mol. The van der Waals surface area contributed by atoms with E-state index in [0.717, 1.165) is 6.42 Å². The van der Waals surface area contributed by atoms with Crippen LogP contribution in [-0.4, -0.2) is 42.5 Å². The Morgan fingerprint density at radius 3 is 2.58 bits per heavy atom. The molecule has 26 heavy (non-hydrogen) atoms. The van der Waals surface area contributed by atoms with E-state index in [-0.39, 0.29) is 28.5 Å². The lowest BCUT2D eigenvalue weighted by molar-refractivity contribution is -0.385. The lowest BCUT2D eigenvalue weighted by Gasteiger charge is -2.16. The number of hydrogen-bond donors (Lipinski definition) is 0. The zero-order chi connectivity index (χ0) is 19.4. The molecule has 0 saturated carbocycles. The van der Waals surface area contributed by atoms with Crippen LogP contribution in [0.5, 0.6) is 5.75 Å². The van der Waals surface area contributed by atoms with Gasteiger partial charge in [-0.3, -0.25) is 14.9 Å². The van der Waals surface area contributed by atoms with Crippen molar-refractivity contribution in [1.29, 1.82) is 0 Å². The Hall–Kier alpha value is -3.16. The maximum atomic E-state index is 12.7. The van der Waals surface area contributed by atoms with Crippen LogP contribution in [0.1, 0.15) is 25.8 Å². The zero-order valence-corrected chi connectivity index (χ0v) is 15.1.